The smallest absolute Gasteiger partial charge is 0.332 e. The van der Waals surface area contributed by atoms with Crippen LogP contribution in [0.4, 0.5) is 4.39 Å². The zero-order chi connectivity index (χ0) is 24.0. The van der Waals surface area contributed by atoms with Gasteiger partial charge in [0.25, 0.3) is 5.56 Å². The molecule has 3 rings (SSSR count). The van der Waals surface area contributed by atoms with Crippen molar-refractivity contribution >= 4 is 11.7 Å². The molecule has 0 atom stereocenters. The SMILES string of the molecule is C=C1c2c(C)c(=O)n(C(C)(C)C(=O)OC(C)(C)C)c(=O)n2CCN1Cc1ccc(F)cc1. The van der Waals surface area contributed by atoms with Gasteiger partial charge in [-0.2, -0.15) is 0 Å². The fourth-order valence-electron chi connectivity index (χ4n) is 3.83. The van der Waals surface area contributed by atoms with Crippen molar-refractivity contribution in [3.05, 3.63) is 74.3 Å². The van der Waals surface area contributed by atoms with Gasteiger partial charge in [0.2, 0.25) is 0 Å². The van der Waals surface area contributed by atoms with Gasteiger partial charge in [-0.25, -0.2) is 18.5 Å². The van der Waals surface area contributed by atoms with Crippen LogP contribution in [0, 0.1) is 12.7 Å². The zero-order valence-electron chi connectivity index (χ0n) is 19.5. The molecule has 0 fully saturated rings. The van der Waals surface area contributed by atoms with Crippen LogP contribution in [0.3, 0.4) is 0 Å². The predicted molar refractivity (Wildman–Crippen MR) is 121 cm³/mol. The number of fused-ring (bicyclic) bond motifs is 1. The van der Waals surface area contributed by atoms with Crippen molar-refractivity contribution in [3.8, 4) is 0 Å². The molecule has 1 aliphatic heterocycles. The van der Waals surface area contributed by atoms with Crippen LogP contribution in [0.5, 0.6) is 0 Å². The van der Waals surface area contributed by atoms with Crippen LogP contribution in [-0.4, -0.2) is 32.1 Å². The summed E-state index contributed by atoms with van der Waals surface area (Å²) in [6.07, 6.45) is 0. The summed E-state index contributed by atoms with van der Waals surface area (Å²) in [4.78, 5) is 41.4. The van der Waals surface area contributed by atoms with Crippen LogP contribution in [0.25, 0.3) is 5.70 Å². The Balaban J connectivity index is 2.03. The Labute approximate surface area is 186 Å². The molecule has 0 saturated carbocycles. The Morgan fingerprint density at radius 3 is 2.25 bits per heavy atom. The molecule has 1 aromatic heterocycles. The summed E-state index contributed by atoms with van der Waals surface area (Å²) in [6.45, 7) is 15.2. The van der Waals surface area contributed by atoms with E-state index in [0.717, 1.165) is 10.1 Å². The number of ether oxygens (including phenoxy) is 1. The van der Waals surface area contributed by atoms with Crippen LogP contribution in [0.2, 0.25) is 0 Å². The predicted octanol–water partition coefficient (Wildman–Crippen LogP) is 3.02. The second-order valence-corrected chi connectivity index (χ2v) is 9.60. The third-order valence-electron chi connectivity index (χ3n) is 5.56. The van der Waals surface area contributed by atoms with Gasteiger partial charge < -0.3 is 9.64 Å². The maximum absolute atomic E-state index is 13.4. The molecular formula is C24H30FN3O4. The number of benzene rings is 1. The Morgan fingerprint density at radius 2 is 1.69 bits per heavy atom. The molecule has 2 heterocycles. The first-order valence-electron chi connectivity index (χ1n) is 10.5. The van der Waals surface area contributed by atoms with Crippen molar-refractivity contribution in [2.24, 2.45) is 0 Å². The molecule has 0 N–H and O–H groups in total. The monoisotopic (exact) mass is 443 g/mol. The van der Waals surface area contributed by atoms with Gasteiger partial charge >= 0.3 is 11.7 Å². The average molecular weight is 444 g/mol. The summed E-state index contributed by atoms with van der Waals surface area (Å²) >= 11 is 0. The fourth-order valence-corrected chi connectivity index (χ4v) is 3.83. The van der Waals surface area contributed by atoms with Crippen molar-refractivity contribution in [1.29, 1.82) is 0 Å². The zero-order valence-corrected chi connectivity index (χ0v) is 19.5. The van der Waals surface area contributed by atoms with Crippen LogP contribution in [-0.2, 0) is 28.2 Å². The van der Waals surface area contributed by atoms with Crippen molar-refractivity contribution in [2.75, 3.05) is 6.54 Å². The van der Waals surface area contributed by atoms with Crippen molar-refractivity contribution in [3.63, 3.8) is 0 Å². The van der Waals surface area contributed by atoms with Crippen LogP contribution in [0.1, 0.15) is 51.4 Å². The summed E-state index contributed by atoms with van der Waals surface area (Å²) in [6, 6.07) is 6.17. The van der Waals surface area contributed by atoms with Gasteiger partial charge in [0, 0.05) is 25.2 Å². The van der Waals surface area contributed by atoms with E-state index in [1.165, 1.54) is 30.5 Å². The summed E-state index contributed by atoms with van der Waals surface area (Å²) in [5.41, 5.74) is -1.17. The Hall–Kier alpha value is -3.16. The number of esters is 1. The lowest BCUT2D eigenvalue weighted by Gasteiger charge is -2.36. The number of rotatable bonds is 4. The number of hydrogen-bond acceptors (Lipinski definition) is 5. The normalized spacial score (nSPS) is 14.3. The highest BCUT2D eigenvalue weighted by Gasteiger charge is 2.39. The highest BCUT2D eigenvalue weighted by atomic mass is 19.1. The van der Waals surface area contributed by atoms with E-state index >= 15 is 0 Å². The second-order valence-electron chi connectivity index (χ2n) is 9.60. The number of carbonyl (C=O) groups is 1. The second kappa shape index (κ2) is 8.07. The van der Waals surface area contributed by atoms with Gasteiger partial charge in [0.05, 0.1) is 11.4 Å². The van der Waals surface area contributed by atoms with E-state index in [9.17, 15) is 18.8 Å². The first-order chi connectivity index (χ1) is 14.7. The molecule has 0 bridgehead atoms. The number of halogens is 1. The van der Waals surface area contributed by atoms with E-state index in [2.05, 4.69) is 6.58 Å². The third kappa shape index (κ3) is 4.26. The molecule has 0 amide bonds. The van der Waals surface area contributed by atoms with E-state index in [1.54, 1.807) is 39.8 Å². The molecule has 172 valence electrons. The number of hydrogen-bond donors (Lipinski definition) is 0. The quantitative estimate of drug-likeness (QED) is 0.680. The highest BCUT2D eigenvalue weighted by molar-refractivity contribution is 5.78. The van der Waals surface area contributed by atoms with Gasteiger partial charge in [0.15, 0.2) is 0 Å². The molecule has 1 aliphatic rings. The standard InChI is InChI=1S/C24H30FN3O4/c1-15-19-16(2)26(14-17-8-10-18(25)11-9-17)12-13-27(19)22(31)28(20(15)29)24(6,7)21(30)32-23(3,4)5/h8-11H,2,12-14H2,1,3-7H3. The average Bonchev–Trinajstić information content (AvgIpc) is 2.68. The topological polar surface area (TPSA) is 73.5 Å². The number of aromatic nitrogens is 2. The Morgan fingerprint density at radius 1 is 1.09 bits per heavy atom. The molecule has 0 aliphatic carbocycles. The van der Waals surface area contributed by atoms with Crippen molar-refractivity contribution in [2.45, 2.75) is 65.8 Å². The molecule has 32 heavy (non-hydrogen) atoms. The molecule has 0 unspecified atom stereocenters. The van der Waals surface area contributed by atoms with Crippen molar-refractivity contribution in [1.82, 2.24) is 14.0 Å². The van der Waals surface area contributed by atoms with Gasteiger partial charge in [-0.15, -0.1) is 0 Å². The molecule has 0 saturated heterocycles. The minimum atomic E-state index is -1.49. The molecule has 0 spiro atoms. The molecular weight excluding hydrogens is 413 g/mol. The Kier molecular flexibility index (Phi) is 5.93. The first kappa shape index (κ1) is 23.5. The molecule has 0 radical (unpaired) electrons. The minimum Gasteiger partial charge on any atom is -0.458 e. The molecule has 7 nitrogen and oxygen atoms in total. The van der Waals surface area contributed by atoms with E-state index in [1.807, 2.05) is 4.90 Å². The Bertz CT molecular complexity index is 1180. The van der Waals surface area contributed by atoms with Crippen molar-refractivity contribution < 1.29 is 13.9 Å². The van der Waals surface area contributed by atoms with Crippen LogP contribution >= 0.6 is 0 Å². The molecule has 1 aromatic carbocycles. The third-order valence-corrected chi connectivity index (χ3v) is 5.56. The summed E-state index contributed by atoms with van der Waals surface area (Å²) in [5, 5.41) is 0. The summed E-state index contributed by atoms with van der Waals surface area (Å²) in [5.74, 6) is -0.969. The van der Waals surface area contributed by atoms with Gasteiger partial charge in [-0.1, -0.05) is 18.7 Å². The first-order valence-corrected chi connectivity index (χ1v) is 10.5. The van der Waals surface area contributed by atoms with Gasteiger partial charge in [-0.05, 0) is 59.2 Å². The van der Waals surface area contributed by atoms with Crippen LogP contribution in [0.15, 0.2) is 40.4 Å². The summed E-state index contributed by atoms with van der Waals surface area (Å²) < 4.78 is 21.2. The van der Waals surface area contributed by atoms with E-state index < -0.39 is 28.4 Å². The van der Waals surface area contributed by atoms with E-state index in [-0.39, 0.29) is 5.82 Å². The largest absolute Gasteiger partial charge is 0.458 e. The molecule has 2 aromatic rings. The lowest BCUT2D eigenvalue weighted by Crippen LogP contribution is -2.56. The number of nitrogens with zero attached hydrogens (tertiary/aromatic N) is 3. The van der Waals surface area contributed by atoms with E-state index in [0.29, 0.717) is 36.6 Å². The fraction of sp³-hybridized carbons (Fsp3) is 0.458. The van der Waals surface area contributed by atoms with Gasteiger partial charge in [-0.3, -0.25) is 9.36 Å². The van der Waals surface area contributed by atoms with E-state index in [4.69, 9.17) is 4.74 Å². The molecule has 8 heteroatoms. The number of carbonyl (C=O) groups excluding carboxylic acids is 1. The minimum absolute atomic E-state index is 0.313. The maximum Gasteiger partial charge on any atom is 0.332 e. The maximum atomic E-state index is 13.4. The lowest BCUT2D eigenvalue weighted by atomic mass is 10.0. The summed E-state index contributed by atoms with van der Waals surface area (Å²) in [7, 11) is 0. The van der Waals surface area contributed by atoms with Gasteiger partial charge in [0.1, 0.15) is 17.0 Å². The highest BCUT2D eigenvalue weighted by Crippen LogP contribution is 2.26. The lowest BCUT2D eigenvalue weighted by molar-refractivity contribution is -0.164. The van der Waals surface area contributed by atoms with Crippen LogP contribution < -0.4 is 11.2 Å².